The highest BCUT2D eigenvalue weighted by atomic mass is 79.9. The third kappa shape index (κ3) is 21.7. The number of aromatic hydroxyl groups is 1. The Morgan fingerprint density at radius 3 is 1.97 bits per heavy atom. The standard InChI is InChI=1S/C74H85BrF2N9O14PS/c1-44-19-25-52(38-56(44)75)67(91)78-33-13-12-18-57(83-70(94)59(35-47-22-29-54(30-23-47)74(76,77)101(97,98)99)84-69(93)58(34-46-14-8-7-9-15-46)82-64(90)37-49-24-31-61(88)62(36-49)100-6)68(92)80-41-53-17-11-10-16-50(53)28-32-63(89)85-66(73(3,4)5)72(96)86-42-55(87)39-60(86)71(95)79-40-48-20-26-51(27-21-48)65-45(2)81-43-102-65/h7-11,14-17,19-27,29-31,36,38,43,55,57-60,66,87-88H,12-13,18,28,32-35,37,39-42H2,1-6H3,(H,78,91)(H,79,95)(H,80,92)(H,82,90)(H,83,94)(H,84,93)(H,85,89)(H2,97,98,99). The monoisotopic (exact) mass is 1500 g/mol. The molecule has 1 fully saturated rings. The van der Waals surface area contributed by atoms with E-state index in [9.17, 15) is 71.7 Å². The van der Waals surface area contributed by atoms with E-state index in [1.54, 1.807) is 99.1 Å². The number of carbonyl (C=O) groups excluding carboxylic acids is 8. The highest BCUT2D eigenvalue weighted by Crippen LogP contribution is 2.59. The van der Waals surface area contributed by atoms with Gasteiger partial charge < -0.3 is 66.9 Å². The second-order valence-corrected chi connectivity index (χ2v) is 29.6. The number of hydrogen-bond acceptors (Lipinski definition) is 14. The van der Waals surface area contributed by atoms with Crippen molar-refractivity contribution in [3.63, 3.8) is 0 Å². The number of methoxy groups -OCH3 is 1. The summed E-state index contributed by atoms with van der Waals surface area (Å²) in [5.74, 6) is -5.07. The highest BCUT2D eigenvalue weighted by Gasteiger charge is 2.50. The number of phenolic OH excluding ortho intramolecular Hbond substituents is 1. The van der Waals surface area contributed by atoms with Crippen LogP contribution in [0.4, 0.5) is 8.78 Å². The molecule has 0 saturated carbocycles. The molecule has 0 radical (unpaired) electrons. The third-order valence-electron chi connectivity index (χ3n) is 17.5. The highest BCUT2D eigenvalue weighted by molar-refractivity contribution is 9.10. The number of phenols is 1. The Morgan fingerprint density at radius 2 is 1.33 bits per heavy atom. The summed E-state index contributed by atoms with van der Waals surface area (Å²) in [6.07, 6.45) is -1.29. The average molecular weight is 1510 g/mol. The minimum absolute atomic E-state index is 0.00528. The number of amides is 8. The Morgan fingerprint density at radius 1 is 0.706 bits per heavy atom. The number of aliphatic hydroxyl groups excluding tert-OH is 1. The number of unbranched alkanes of at least 4 members (excludes halogenated alkanes) is 1. The molecule has 7 aromatic rings. The van der Waals surface area contributed by atoms with E-state index in [2.05, 4.69) is 58.1 Å². The van der Waals surface area contributed by atoms with Crippen LogP contribution in [-0.4, -0.2) is 134 Å². The topological polar surface area (TPSA) is 344 Å². The molecule has 1 saturated heterocycles. The van der Waals surface area contributed by atoms with Gasteiger partial charge in [-0.1, -0.05) is 152 Å². The summed E-state index contributed by atoms with van der Waals surface area (Å²) in [6.45, 7) is 9.21. The normalized spacial score (nSPS) is 15.0. The second kappa shape index (κ2) is 35.6. The minimum Gasteiger partial charge on any atom is -0.504 e. The van der Waals surface area contributed by atoms with Crippen molar-refractivity contribution in [2.75, 3.05) is 20.2 Å². The van der Waals surface area contributed by atoms with Crippen LogP contribution in [0.3, 0.4) is 0 Å². The van der Waals surface area contributed by atoms with Crippen LogP contribution in [0.5, 0.6) is 11.5 Å². The summed E-state index contributed by atoms with van der Waals surface area (Å²) in [7, 11) is -4.66. The number of aryl methyl sites for hydroxylation is 3. The number of carbonyl (C=O) groups is 8. The van der Waals surface area contributed by atoms with Gasteiger partial charge in [-0.2, -0.15) is 8.78 Å². The molecule has 102 heavy (non-hydrogen) atoms. The predicted octanol–water partition coefficient (Wildman–Crippen LogP) is 8.27. The van der Waals surface area contributed by atoms with E-state index in [-0.39, 0.29) is 94.1 Å². The van der Waals surface area contributed by atoms with E-state index in [0.717, 1.165) is 56.0 Å². The van der Waals surface area contributed by atoms with Gasteiger partial charge in [-0.15, -0.1) is 11.3 Å². The molecule has 6 atom stereocenters. The van der Waals surface area contributed by atoms with Crippen LogP contribution in [0.1, 0.15) is 113 Å². The molecule has 1 aliphatic rings. The number of nitrogens with zero attached hydrogens (tertiary/aromatic N) is 2. The molecule has 0 bridgehead atoms. The van der Waals surface area contributed by atoms with Crippen molar-refractivity contribution in [1.29, 1.82) is 0 Å². The zero-order valence-corrected chi connectivity index (χ0v) is 60.6. The lowest BCUT2D eigenvalue weighted by Gasteiger charge is -2.35. The van der Waals surface area contributed by atoms with Crippen LogP contribution in [0, 0.1) is 19.3 Å². The average Bonchev–Trinajstić information content (AvgIpc) is 1.47. The molecule has 23 nitrogen and oxygen atoms in total. The van der Waals surface area contributed by atoms with Crippen LogP contribution < -0.4 is 42.0 Å². The SMILES string of the molecule is COc1cc(CC(=O)NC(Cc2ccccc2)C(=O)NC(Cc2ccc(C(F)(F)P(=O)(O)O)cc2)C(=O)NC(CCCCNC(=O)c2ccc(C)c(Br)c2)C(=O)NCc2ccccc2CCC(=O)NC(C(=O)N2CC(O)CC2C(=O)NCc2ccc(-c3scnc3C)cc2)C(C)(C)C)ccc1O. The van der Waals surface area contributed by atoms with E-state index >= 15 is 0 Å². The van der Waals surface area contributed by atoms with Gasteiger partial charge in [0.15, 0.2) is 11.5 Å². The van der Waals surface area contributed by atoms with Crippen LogP contribution in [0.25, 0.3) is 10.4 Å². The van der Waals surface area contributed by atoms with Crippen LogP contribution in [0.15, 0.2) is 150 Å². The number of hydrogen-bond donors (Lipinski definition) is 11. The number of ether oxygens (including phenoxy) is 1. The summed E-state index contributed by atoms with van der Waals surface area (Å²) >= 11 is 4.98. The predicted molar refractivity (Wildman–Crippen MR) is 384 cm³/mol. The lowest BCUT2D eigenvalue weighted by molar-refractivity contribution is -0.144. The Hall–Kier alpha value is -9.24. The molecular formula is C74H85BrF2N9O14PS. The Labute approximate surface area is 602 Å². The Kier molecular flexibility index (Phi) is 27.4. The van der Waals surface area contributed by atoms with E-state index in [1.807, 2.05) is 38.1 Å². The van der Waals surface area contributed by atoms with Crippen LogP contribution in [-0.2, 0) is 82.6 Å². The zero-order valence-electron chi connectivity index (χ0n) is 57.3. The minimum atomic E-state index is -5.99. The van der Waals surface area contributed by atoms with Crippen molar-refractivity contribution < 1.29 is 76.4 Å². The molecule has 8 rings (SSSR count). The van der Waals surface area contributed by atoms with Gasteiger partial charge in [0.25, 0.3) is 5.91 Å². The summed E-state index contributed by atoms with van der Waals surface area (Å²) < 4.78 is 47.6. The van der Waals surface area contributed by atoms with Crippen molar-refractivity contribution in [2.24, 2.45) is 5.41 Å². The van der Waals surface area contributed by atoms with Gasteiger partial charge in [-0.05, 0) is 114 Å². The molecule has 1 aromatic heterocycles. The molecule has 2 heterocycles. The van der Waals surface area contributed by atoms with Crippen molar-refractivity contribution in [3.05, 3.63) is 205 Å². The maximum absolute atomic E-state index is 15.0. The fraction of sp³-hybridized carbons (Fsp3) is 0.365. The molecule has 542 valence electrons. The van der Waals surface area contributed by atoms with Crippen LogP contribution >= 0.6 is 34.9 Å². The number of halogens is 3. The molecule has 0 aliphatic carbocycles. The molecule has 0 spiro atoms. The van der Waals surface area contributed by atoms with Crippen molar-refractivity contribution in [3.8, 4) is 21.9 Å². The van der Waals surface area contributed by atoms with E-state index < -0.39 is 108 Å². The molecule has 1 aliphatic heterocycles. The molecular weight excluding hydrogens is 1420 g/mol. The molecule has 6 aromatic carbocycles. The van der Waals surface area contributed by atoms with Crippen molar-refractivity contribution >= 4 is 82.1 Å². The lowest BCUT2D eigenvalue weighted by atomic mass is 9.85. The van der Waals surface area contributed by atoms with Crippen LogP contribution in [0.2, 0.25) is 0 Å². The molecule has 28 heteroatoms. The molecule has 6 unspecified atom stereocenters. The summed E-state index contributed by atoms with van der Waals surface area (Å²) in [5.41, 5.74) is 1.74. The summed E-state index contributed by atoms with van der Waals surface area (Å²) in [6, 6.07) is 30.0. The maximum Gasteiger partial charge on any atom is 0.399 e. The number of thiazole rings is 1. The first-order valence-electron chi connectivity index (χ1n) is 33.2. The van der Waals surface area contributed by atoms with Gasteiger partial charge in [0.1, 0.15) is 30.2 Å². The molecule has 11 N–H and O–H groups in total. The first kappa shape index (κ1) is 78.5. The zero-order chi connectivity index (χ0) is 74.1. The van der Waals surface area contributed by atoms with Gasteiger partial charge in [0, 0.05) is 67.5 Å². The number of aromatic nitrogens is 1. The smallest absolute Gasteiger partial charge is 0.399 e. The molecule has 8 amide bonds. The van der Waals surface area contributed by atoms with E-state index in [0.29, 0.717) is 34.2 Å². The maximum atomic E-state index is 15.0. The number of alkyl halides is 2. The first-order valence-corrected chi connectivity index (χ1v) is 36.4. The van der Waals surface area contributed by atoms with Gasteiger partial charge in [-0.3, -0.25) is 42.9 Å². The quantitative estimate of drug-likeness (QED) is 0.0140. The van der Waals surface area contributed by atoms with Crippen molar-refractivity contribution in [1.82, 2.24) is 47.1 Å². The van der Waals surface area contributed by atoms with E-state index in [4.69, 9.17) is 4.74 Å². The fourth-order valence-electron chi connectivity index (χ4n) is 11.6. The largest absolute Gasteiger partial charge is 0.504 e. The fourth-order valence-corrected chi connectivity index (χ4v) is 13.3. The number of rotatable bonds is 32. The third-order valence-corrected chi connectivity index (χ3v) is 20.3. The van der Waals surface area contributed by atoms with Gasteiger partial charge in [0.2, 0.25) is 41.4 Å². The van der Waals surface area contributed by atoms with Crippen molar-refractivity contribution in [2.45, 2.75) is 147 Å². The van der Waals surface area contributed by atoms with Gasteiger partial charge in [-0.25, -0.2) is 4.98 Å². The Bertz CT molecular complexity index is 4180. The number of aliphatic hydroxyl groups is 1. The number of β-amino-alcohol motifs (C(OH)–C–C–N with tert-alkyl or cyclic N) is 1. The summed E-state index contributed by atoms with van der Waals surface area (Å²) in [5, 5.41) is 40.8. The summed E-state index contributed by atoms with van der Waals surface area (Å²) in [4.78, 5) is 139. The van der Waals surface area contributed by atoms with E-state index in [1.165, 1.54) is 41.5 Å². The number of likely N-dealkylation sites (tertiary alicyclic amines) is 1. The Balaban J connectivity index is 0.982. The second-order valence-electron chi connectivity index (χ2n) is 26.2. The van der Waals surface area contributed by atoms with Gasteiger partial charge in [0.05, 0.1) is 35.7 Å². The van der Waals surface area contributed by atoms with Gasteiger partial charge >= 0.3 is 13.3 Å². The lowest BCUT2D eigenvalue weighted by Crippen LogP contribution is -2.57. The first-order chi connectivity index (χ1) is 48.4. The number of benzene rings is 6. The number of nitrogens with one attached hydrogen (secondary N) is 7.